The third-order valence-corrected chi connectivity index (χ3v) is 2.22. The molecule has 1 aromatic rings. The predicted molar refractivity (Wildman–Crippen MR) is 85.0 cm³/mol. The smallest absolute Gasteiger partial charge is 0.144 e. The number of nitrogens with zero attached hydrogens (tertiary/aromatic N) is 1. The van der Waals surface area contributed by atoms with Gasteiger partial charge in [0.1, 0.15) is 5.75 Å². The summed E-state index contributed by atoms with van der Waals surface area (Å²) < 4.78 is 10.0. The summed E-state index contributed by atoms with van der Waals surface area (Å²) in [5, 5.41) is 0. The van der Waals surface area contributed by atoms with Gasteiger partial charge in [-0.05, 0) is 38.5 Å². The van der Waals surface area contributed by atoms with Gasteiger partial charge in [0.25, 0.3) is 0 Å². The van der Waals surface area contributed by atoms with Gasteiger partial charge in [-0.15, -0.1) is 10.7 Å². The van der Waals surface area contributed by atoms with Gasteiger partial charge in [0.2, 0.25) is 0 Å². The average Bonchev–Trinajstić information content (AvgIpc) is 2.24. The molecule has 0 aliphatic heterocycles. The Balaban J connectivity index is -0.000000609. The van der Waals surface area contributed by atoms with Gasteiger partial charge in [-0.25, -0.2) is 4.36 Å². The molecule has 0 radical (unpaired) electrons. The number of nitrogen functional groups attached to an aromatic ring is 1. The monoisotopic (exact) mass is 276 g/mol. The van der Waals surface area contributed by atoms with Crippen LogP contribution in [0.2, 0.25) is 0 Å². The second kappa shape index (κ2) is 9.91. The lowest BCUT2D eigenvalue weighted by Gasteiger charge is -2.12. The molecule has 0 aliphatic rings. The number of nitrogens with two attached hydrogens (primary N) is 1. The van der Waals surface area contributed by atoms with E-state index in [1.165, 1.54) is 0 Å². The summed E-state index contributed by atoms with van der Waals surface area (Å²) in [4.78, 5) is 0. The summed E-state index contributed by atoms with van der Waals surface area (Å²) >= 11 is 0. The van der Waals surface area contributed by atoms with Crippen molar-refractivity contribution in [3.8, 4) is 5.75 Å². The maximum Gasteiger partial charge on any atom is 0.144 e. The summed E-state index contributed by atoms with van der Waals surface area (Å²) in [7, 11) is 0.0345. The number of rotatable bonds is 3. The quantitative estimate of drug-likeness (QED) is 0.860. The fraction of sp³-hybridized carbons (Fsp3) is 0.538. The standard InChI is InChI=1S/C11H18N2OS.C2H6.H2O.H2/c1-8(2)14-11-7-9(13-15(3)4)5-6-10(11)12;1-2;;/h5-8H,12H2,1-4H3;1-2H3;1H2;1H. The molecule has 0 saturated heterocycles. The lowest BCUT2D eigenvalue weighted by Crippen LogP contribution is -2.07. The van der Waals surface area contributed by atoms with Gasteiger partial charge in [0, 0.05) is 7.49 Å². The summed E-state index contributed by atoms with van der Waals surface area (Å²) in [6.07, 6.45) is 4.27. The van der Waals surface area contributed by atoms with Crippen LogP contribution in [0.5, 0.6) is 5.75 Å². The molecule has 0 aliphatic carbocycles. The third-order valence-electron chi connectivity index (χ3n) is 1.65. The van der Waals surface area contributed by atoms with E-state index >= 15 is 0 Å². The Labute approximate surface area is 114 Å². The summed E-state index contributed by atoms with van der Waals surface area (Å²) in [6, 6.07) is 5.64. The molecule has 0 saturated carbocycles. The molecule has 0 unspecified atom stereocenters. The summed E-state index contributed by atoms with van der Waals surface area (Å²) in [5.41, 5.74) is 7.39. The van der Waals surface area contributed by atoms with Crippen LogP contribution < -0.4 is 10.5 Å². The molecule has 108 valence electrons. The van der Waals surface area contributed by atoms with Crippen molar-refractivity contribution in [2.24, 2.45) is 4.36 Å². The van der Waals surface area contributed by atoms with Crippen LogP contribution >= 0.6 is 0 Å². The molecule has 1 aromatic carbocycles. The van der Waals surface area contributed by atoms with Crippen LogP contribution in [-0.2, 0) is 10.7 Å². The van der Waals surface area contributed by atoms with Crippen molar-refractivity contribution in [2.75, 3.05) is 18.2 Å². The van der Waals surface area contributed by atoms with Crippen LogP contribution in [0.4, 0.5) is 11.4 Å². The topological polar surface area (TPSA) is 79.1 Å². The minimum Gasteiger partial charge on any atom is -0.489 e. The van der Waals surface area contributed by atoms with E-state index in [9.17, 15) is 0 Å². The molecular weight excluding hydrogens is 248 g/mol. The number of ether oxygens (including phenoxy) is 1. The number of hydrogen-bond donors (Lipinski definition) is 1. The van der Waals surface area contributed by atoms with E-state index < -0.39 is 0 Å². The average molecular weight is 276 g/mol. The zero-order valence-electron chi connectivity index (χ0n) is 12.2. The molecule has 0 spiro atoms. The van der Waals surface area contributed by atoms with Crippen molar-refractivity contribution in [1.29, 1.82) is 0 Å². The van der Waals surface area contributed by atoms with Gasteiger partial charge in [-0.2, -0.15) is 0 Å². The van der Waals surface area contributed by atoms with Gasteiger partial charge in [0.05, 0.1) is 17.5 Å². The predicted octanol–water partition coefficient (Wildman–Crippen LogP) is 3.20. The molecule has 18 heavy (non-hydrogen) atoms. The van der Waals surface area contributed by atoms with Crippen molar-refractivity contribution in [1.82, 2.24) is 0 Å². The Bertz CT molecular complexity index is 381. The maximum absolute atomic E-state index is 5.80. The molecule has 4 N–H and O–H groups in total. The normalized spacial score (nSPS) is 9.33. The van der Waals surface area contributed by atoms with E-state index in [4.69, 9.17) is 10.5 Å². The fourth-order valence-electron chi connectivity index (χ4n) is 1.15. The van der Waals surface area contributed by atoms with Crippen LogP contribution in [0.25, 0.3) is 0 Å². The van der Waals surface area contributed by atoms with Crippen LogP contribution in [0, 0.1) is 0 Å². The van der Waals surface area contributed by atoms with E-state index in [2.05, 4.69) is 16.9 Å². The van der Waals surface area contributed by atoms with Crippen LogP contribution in [0.15, 0.2) is 22.6 Å². The highest BCUT2D eigenvalue weighted by molar-refractivity contribution is 7.85. The van der Waals surface area contributed by atoms with Crippen molar-refractivity contribution >= 4 is 22.1 Å². The number of hydrogen-bond acceptors (Lipinski definition) is 3. The minimum absolute atomic E-state index is 0. The molecular formula is C13H28N2O2S. The van der Waals surface area contributed by atoms with Gasteiger partial charge in [-0.3, -0.25) is 0 Å². The van der Waals surface area contributed by atoms with Gasteiger partial charge in [-0.1, -0.05) is 13.8 Å². The van der Waals surface area contributed by atoms with E-state index in [1.807, 2.05) is 45.9 Å². The zero-order chi connectivity index (χ0) is 13.4. The summed E-state index contributed by atoms with van der Waals surface area (Å²) in [5.74, 6) is 0.719. The zero-order valence-corrected chi connectivity index (χ0v) is 13.0. The third kappa shape index (κ3) is 7.29. The Morgan fingerprint density at radius 2 is 1.83 bits per heavy atom. The molecule has 0 bridgehead atoms. The van der Waals surface area contributed by atoms with E-state index in [-0.39, 0.29) is 23.7 Å². The van der Waals surface area contributed by atoms with E-state index in [0.29, 0.717) is 5.69 Å². The van der Waals surface area contributed by atoms with Crippen molar-refractivity contribution in [3.05, 3.63) is 18.2 Å². The van der Waals surface area contributed by atoms with Gasteiger partial charge < -0.3 is 15.9 Å². The van der Waals surface area contributed by atoms with Crippen molar-refractivity contribution in [3.63, 3.8) is 0 Å². The number of anilines is 1. The Kier molecular flexibility index (Phi) is 10.6. The Morgan fingerprint density at radius 1 is 1.28 bits per heavy atom. The molecule has 0 atom stereocenters. The SMILES string of the molecule is CC.CC(C)Oc1cc(N=S(C)C)ccc1N.O.[HH]. The Morgan fingerprint density at radius 3 is 2.28 bits per heavy atom. The van der Waals surface area contributed by atoms with Crippen molar-refractivity contribution in [2.45, 2.75) is 33.8 Å². The summed E-state index contributed by atoms with van der Waals surface area (Å²) in [6.45, 7) is 7.96. The fourth-order valence-corrected chi connectivity index (χ4v) is 1.68. The first-order valence-electron chi connectivity index (χ1n) is 5.84. The largest absolute Gasteiger partial charge is 0.489 e. The molecule has 0 amide bonds. The maximum atomic E-state index is 5.80. The number of benzene rings is 1. The molecule has 0 heterocycles. The highest BCUT2D eigenvalue weighted by atomic mass is 32.2. The van der Waals surface area contributed by atoms with Gasteiger partial charge >= 0.3 is 0 Å². The highest BCUT2D eigenvalue weighted by Gasteiger charge is 2.03. The second-order valence-corrected chi connectivity index (χ2v) is 5.48. The first kappa shape index (κ1) is 19.3. The Hall–Kier alpha value is -1.07. The highest BCUT2D eigenvalue weighted by Crippen LogP contribution is 2.28. The van der Waals surface area contributed by atoms with Crippen LogP contribution in [-0.4, -0.2) is 24.1 Å². The lowest BCUT2D eigenvalue weighted by atomic mass is 10.2. The first-order valence-corrected chi connectivity index (χ1v) is 7.84. The van der Waals surface area contributed by atoms with Crippen LogP contribution in [0.1, 0.15) is 29.1 Å². The molecule has 1 rings (SSSR count). The minimum atomic E-state index is 0. The van der Waals surface area contributed by atoms with Gasteiger partial charge in [0.15, 0.2) is 0 Å². The molecule has 4 nitrogen and oxygen atoms in total. The van der Waals surface area contributed by atoms with Crippen LogP contribution in [0.3, 0.4) is 0 Å². The molecule has 0 aromatic heterocycles. The first-order chi connectivity index (χ1) is 7.99. The molecule has 0 fully saturated rings. The van der Waals surface area contributed by atoms with Crippen molar-refractivity contribution < 1.29 is 11.6 Å². The second-order valence-electron chi connectivity index (χ2n) is 3.75. The lowest BCUT2D eigenvalue weighted by molar-refractivity contribution is 0.244. The van der Waals surface area contributed by atoms with E-state index in [1.54, 1.807) is 0 Å². The van der Waals surface area contributed by atoms with E-state index in [0.717, 1.165) is 11.4 Å². The molecule has 5 heteroatoms.